The van der Waals surface area contributed by atoms with Crippen LogP contribution in [0, 0.1) is 3.57 Å². The highest BCUT2D eigenvalue weighted by atomic mass is 127. The van der Waals surface area contributed by atoms with E-state index >= 15 is 0 Å². The van der Waals surface area contributed by atoms with Crippen LogP contribution in [0.5, 0.6) is 5.75 Å². The topological polar surface area (TPSA) is 49.3 Å². The fourth-order valence-corrected chi connectivity index (χ4v) is 3.35. The average molecular weight is 394 g/mol. The summed E-state index contributed by atoms with van der Waals surface area (Å²) in [6, 6.07) is 2.06. The Labute approximate surface area is 131 Å². The number of halogens is 2. The molecule has 3 nitrogen and oxygen atoms in total. The van der Waals surface area contributed by atoms with Gasteiger partial charge in [0.2, 0.25) is 5.91 Å². The van der Waals surface area contributed by atoms with E-state index in [2.05, 4.69) is 47.8 Å². The van der Waals surface area contributed by atoms with Crippen molar-refractivity contribution in [2.75, 3.05) is 5.88 Å². The van der Waals surface area contributed by atoms with Crippen LogP contribution < -0.4 is 5.32 Å². The van der Waals surface area contributed by atoms with Gasteiger partial charge in [0.15, 0.2) is 0 Å². The normalized spacial score (nSPS) is 16.2. The molecule has 0 bridgehead atoms. The summed E-state index contributed by atoms with van der Waals surface area (Å²) < 4.78 is 0.835. The van der Waals surface area contributed by atoms with Crippen LogP contribution in [0.4, 0.5) is 0 Å². The van der Waals surface area contributed by atoms with Crippen LogP contribution in [-0.4, -0.2) is 16.9 Å². The lowest BCUT2D eigenvalue weighted by atomic mass is 9.86. The van der Waals surface area contributed by atoms with E-state index in [1.54, 1.807) is 0 Å². The van der Waals surface area contributed by atoms with Crippen LogP contribution in [0.25, 0.3) is 0 Å². The maximum atomic E-state index is 11.3. The third-order valence-corrected chi connectivity index (χ3v) is 4.85. The molecule has 1 aliphatic carbocycles. The van der Waals surface area contributed by atoms with Gasteiger partial charge in [0, 0.05) is 12.1 Å². The monoisotopic (exact) mass is 393 g/mol. The Kier molecular flexibility index (Phi) is 4.30. The molecule has 0 saturated carbocycles. The second-order valence-electron chi connectivity index (χ2n) is 5.51. The highest BCUT2D eigenvalue weighted by Gasteiger charge is 2.33. The Morgan fingerprint density at radius 3 is 2.89 bits per heavy atom. The molecule has 0 spiro atoms. The maximum Gasteiger partial charge on any atom is 0.235 e. The zero-order valence-corrected chi connectivity index (χ0v) is 13.9. The third kappa shape index (κ3) is 2.84. The average Bonchev–Trinajstić information content (AvgIpc) is 2.65. The molecule has 5 heteroatoms. The lowest BCUT2D eigenvalue weighted by Crippen LogP contribution is -2.24. The summed E-state index contributed by atoms with van der Waals surface area (Å²) in [6.07, 6.45) is 2.01. The lowest BCUT2D eigenvalue weighted by molar-refractivity contribution is -0.118. The number of nitrogens with one attached hydrogen (secondary N) is 1. The quantitative estimate of drug-likeness (QED) is 0.612. The molecule has 0 atom stereocenters. The smallest absolute Gasteiger partial charge is 0.235 e. The number of phenols is 1. The van der Waals surface area contributed by atoms with Gasteiger partial charge in [0.25, 0.3) is 0 Å². The van der Waals surface area contributed by atoms with Crippen LogP contribution in [0.15, 0.2) is 6.07 Å². The minimum Gasteiger partial charge on any atom is -0.506 e. The summed E-state index contributed by atoms with van der Waals surface area (Å²) in [5.41, 5.74) is 3.43. The van der Waals surface area contributed by atoms with Crippen molar-refractivity contribution in [1.29, 1.82) is 0 Å². The molecular formula is C14H17ClINO2. The van der Waals surface area contributed by atoms with Gasteiger partial charge in [0.1, 0.15) is 11.6 Å². The van der Waals surface area contributed by atoms with Gasteiger partial charge in [-0.05, 0) is 58.0 Å². The highest BCUT2D eigenvalue weighted by Crippen LogP contribution is 2.44. The second-order valence-corrected chi connectivity index (χ2v) is 6.94. The largest absolute Gasteiger partial charge is 0.506 e. The second kappa shape index (κ2) is 5.48. The first-order chi connectivity index (χ1) is 8.86. The SMILES string of the molecule is CC1(C)CCc2c1cc(I)c(O)c2CNC(=O)CCl. The predicted octanol–water partition coefficient (Wildman–Crippen LogP) is 3.08. The van der Waals surface area contributed by atoms with Crippen LogP contribution in [0.2, 0.25) is 0 Å². The fourth-order valence-electron chi connectivity index (χ4n) is 2.62. The molecule has 0 aromatic heterocycles. The molecule has 1 aliphatic rings. The van der Waals surface area contributed by atoms with E-state index in [0.29, 0.717) is 6.54 Å². The Hall–Kier alpha value is -0.490. The number of hydrogen-bond acceptors (Lipinski definition) is 2. The number of rotatable bonds is 3. The minimum atomic E-state index is -0.217. The van der Waals surface area contributed by atoms with Gasteiger partial charge in [-0.2, -0.15) is 0 Å². The van der Waals surface area contributed by atoms with E-state index in [-0.39, 0.29) is 23.0 Å². The summed E-state index contributed by atoms with van der Waals surface area (Å²) in [7, 11) is 0. The molecule has 1 aromatic rings. The van der Waals surface area contributed by atoms with Crippen LogP contribution >= 0.6 is 34.2 Å². The van der Waals surface area contributed by atoms with Gasteiger partial charge in [-0.1, -0.05) is 13.8 Å². The Balaban J connectivity index is 2.40. The Bertz CT molecular complexity index is 529. The summed E-state index contributed by atoms with van der Waals surface area (Å²) in [5.74, 6) is 0.0103. The van der Waals surface area contributed by atoms with Gasteiger partial charge in [-0.3, -0.25) is 4.79 Å². The molecule has 0 unspecified atom stereocenters. The van der Waals surface area contributed by atoms with E-state index in [4.69, 9.17) is 11.6 Å². The molecule has 0 aliphatic heterocycles. The first-order valence-corrected chi connectivity index (χ1v) is 7.84. The van der Waals surface area contributed by atoms with E-state index in [1.165, 1.54) is 11.1 Å². The zero-order valence-electron chi connectivity index (χ0n) is 11.0. The summed E-state index contributed by atoms with van der Waals surface area (Å²) in [4.78, 5) is 11.3. The summed E-state index contributed by atoms with van der Waals surface area (Å²) in [6.45, 7) is 4.77. The maximum absolute atomic E-state index is 11.3. The van der Waals surface area contributed by atoms with Crippen molar-refractivity contribution in [3.8, 4) is 5.75 Å². The first-order valence-electron chi connectivity index (χ1n) is 6.23. The number of hydrogen-bond donors (Lipinski definition) is 2. The Morgan fingerprint density at radius 1 is 1.58 bits per heavy atom. The minimum absolute atomic E-state index is 0.0572. The van der Waals surface area contributed by atoms with E-state index < -0.39 is 0 Å². The molecule has 104 valence electrons. The number of phenolic OH excluding ortho intramolecular Hbond substituents is 1. The number of alkyl halides is 1. The van der Waals surface area contributed by atoms with Crippen molar-refractivity contribution in [3.05, 3.63) is 26.3 Å². The van der Waals surface area contributed by atoms with E-state index in [1.807, 2.05) is 0 Å². The molecule has 1 aromatic carbocycles. The molecule has 2 rings (SSSR count). The lowest BCUT2D eigenvalue weighted by Gasteiger charge is -2.21. The van der Waals surface area contributed by atoms with Crippen LogP contribution in [0.1, 0.15) is 37.0 Å². The van der Waals surface area contributed by atoms with Crippen LogP contribution in [-0.2, 0) is 23.2 Å². The number of amides is 1. The number of aromatic hydroxyl groups is 1. The van der Waals surface area contributed by atoms with Crippen molar-refractivity contribution in [2.45, 2.75) is 38.6 Å². The molecule has 0 fully saturated rings. The Morgan fingerprint density at radius 2 is 2.26 bits per heavy atom. The van der Waals surface area contributed by atoms with Crippen molar-refractivity contribution < 1.29 is 9.90 Å². The number of carbonyl (C=O) groups excluding carboxylic acids is 1. The van der Waals surface area contributed by atoms with Crippen LogP contribution in [0.3, 0.4) is 0 Å². The molecule has 0 saturated heterocycles. The third-order valence-electron chi connectivity index (χ3n) is 3.79. The van der Waals surface area contributed by atoms with Gasteiger partial charge in [-0.15, -0.1) is 11.6 Å². The number of fused-ring (bicyclic) bond motifs is 1. The molecule has 0 radical (unpaired) electrons. The van der Waals surface area contributed by atoms with E-state index in [0.717, 1.165) is 22.0 Å². The van der Waals surface area contributed by atoms with Gasteiger partial charge < -0.3 is 10.4 Å². The summed E-state index contributed by atoms with van der Waals surface area (Å²) >= 11 is 7.61. The number of benzene rings is 1. The molecule has 2 N–H and O–H groups in total. The van der Waals surface area contributed by atoms with Crippen molar-refractivity contribution in [1.82, 2.24) is 5.32 Å². The number of carbonyl (C=O) groups is 1. The molecular weight excluding hydrogens is 377 g/mol. The fraction of sp³-hybridized carbons (Fsp3) is 0.500. The zero-order chi connectivity index (χ0) is 14.2. The van der Waals surface area contributed by atoms with Crippen molar-refractivity contribution in [2.24, 2.45) is 0 Å². The van der Waals surface area contributed by atoms with Gasteiger partial charge in [-0.25, -0.2) is 0 Å². The molecule has 1 amide bonds. The van der Waals surface area contributed by atoms with E-state index in [9.17, 15) is 9.90 Å². The van der Waals surface area contributed by atoms with Gasteiger partial charge in [0.05, 0.1) is 3.57 Å². The highest BCUT2D eigenvalue weighted by molar-refractivity contribution is 14.1. The van der Waals surface area contributed by atoms with Gasteiger partial charge >= 0.3 is 0 Å². The van der Waals surface area contributed by atoms with Crippen molar-refractivity contribution >= 4 is 40.1 Å². The predicted molar refractivity (Wildman–Crippen MR) is 84.7 cm³/mol. The molecule has 19 heavy (non-hydrogen) atoms. The summed E-state index contributed by atoms with van der Waals surface area (Å²) in [5, 5.41) is 13.0. The standard InChI is InChI=1S/C14H17ClINO2/c1-14(2)4-3-8-9(7-17-12(18)6-15)13(19)11(16)5-10(8)14/h5,19H,3-4,6-7H2,1-2H3,(H,17,18). The van der Waals surface area contributed by atoms with Crippen molar-refractivity contribution in [3.63, 3.8) is 0 Å². The first kappa shape index (κ1) is 14.9. The molecule has 0 heterocycles.